The van der Waals surface area contributed by atoms with Crippen molar-refractivity contribution in [1.82, 2.24) is 4.90 Å². The molecular weight excluding hydrogens is 188 g/mol. The summed E-state index contributed by atoms with van der Waals surface area (Å²) in [6, 6.07) is 9.95. The summed E-state index contributed by atoms with van der Waals surface area (Å²) in [5, 5.41) is 0. The Bertz CT molecular complexity index is 337. The minimum Gasteiger partial charge on any atom is -0.368 e. The molecular formula is C12H15N2O. The van der Waals surface area contributed by atoms with Crippen LogP contribution in [0.5, 0.6) is 0 Å². The van der Waals surface area contributed by atoms with Gasteiger partial charge >= 0.3 is 0 Å². The quantitative estimate of drug-likeness (QED) is 0.795. The van der Waals surface area contributed by atoms with Crippen LogP contribution in [0, 0.1) is 6.42 Å². The zero-order valence-electron chi connectivity index (χ0n) is 8.60. The normalized spacial score (nSPS) is 21.7. The van der Waals surface area contributed by atoms with E-state index in [9.17, 15) is 4.79 Å². The number of rotatable bonds is 3. The van der Waals surface area contributed by atoms with Crippen LogP contribution in [-0.2, 0) is 11.3 Å². The van der Waals surface area contributed by atoms with E-state index in [2.05, 4.69) is 17.0 Å². The molecule has 2 N–H and O–H groups in total. The smallest absolute Gasteiger partial charge is 0.235 e. The van der Waals surface area contributed by atoms with Gasteiger partial charge in [-0.05, 0) is 24.9 Å². The summed E-state index contributed by atoms with van der Waals surface area (Å²) in [5.74, 6) is -0.247. The van der Waals surface area contributed by atoms with Crippen molar-refractivity contribution in [3.8, 4) is 0 Å². The van der Waals surface area contributed by atoms with Crippen LogP contribution in [0.15, 0.2) is 30.3 Å². The van der Waals surface area contributed by atoms with Gasteiger partial charge in [0.1, 0.15) is 0 Å². The van der Waals surface area contributed by atoms with Crippen LogP contribution in [0.2, 0.25) is 0 Å². The minimum atomic E-state index is -0.247. The van der Waals surface area contributed by atoms with Crippen LogP contribution < -0.4 is 5.73 Å². The first-order valence-electron chi connectivity index (χ1n) is 5.18. The molecule has 0 aliphatic carbocycles. The Labute approximate surface area is 89.9 Å². The number of hydrogen-bond donors (Lipinski definition) is 1. The Morgan fingerprint density at radius 1 is 1.40 bits per heavy atom. The molecule has 1 aliphatic rings. The molecule has 0 saturated carbocycles. The van der Waals surface area contributed by atoms with Gasteiger partial charge in [-0.25, -0.2) is 0 Å². The molecule has 3 heteroatoms. The number of amides is 1. The molecule has 0 bridgehead atoms. The Morgan fingerprint density at radius 2 is 2.13 bits per heavy atom. The van der Waals surface area contributed by atoms with Crippen molar-refractivity contribution < 1.29 is 4.79 Å². The zero-order chi connectivity index (χ0) is 10.7. The predicted molar refractivity (Wildman–Crippen MR) is 58.8 cm³/mol. The highest BCUT2D eigenvalue weighted by Crippen LogP contribution is 2.18. The third-order valence-corrected chi connectivity index (χ3v) is 2.72. The van der Waals surface area contributed by atoms with E-state index in [1.54, 1.807) is 0 Å². The average molecular weight is 203 g/mol. The lowest BCUT2D eigenvalue weighted by atomic mass is 10.2. The van der Waals surface area contributed by atoms with E-state index in [1.165, 1.54) is 5.56 Å². The van der Waals surface area contributed by atoms with Gasteiger partial charge in [-0.2, -0.15) is 0 Å². The highest BCUT2D eigenvalue weighted by atomic mass is 16.1. The van der Waals surface area contributed by atoms with Crippen molar-refractivity contribution in [3.05, 3.63) is 42.3 Å². The van der Waals surface area contributed by atoms with Crippen LogP contribution in [0.4, 0.5) is 0 Å². The van der Waals surface area contributed by atoms with Crippen LogP contribution in [-0.4, -0.2) is 23.4 Å². The number of likely N-dealkylation sites (tertiary alicyclic amines) is 1. The van der Waals surface area contributed by atoms with Crippen molar-refractivity contribution in [1.29, 1.82) is 0 Å². The fraction of sp³-hybridized carbons (Fsp3) is 0.333. The zero-order valence-corrected chi connectivity index (χ0v) is 8.60. The van der Waals surface area contributed by atoms with Crippen LogP contribution in [0.25, 0.3) is 0 Å². The largest absolute Gasteiger partial charge is 0.368 e. The first-order chi connectivity index (χ1) is 7.27. The molecule has 1 amide bonds. The first-order valence-corrected chi connectivity index (χ1v) is 5.18. The summed E-state index contributed by atoms with van der Waals surface area (Å²) in [5.41, 5.74) is 6.55. The highest BCUT2D eigenvalue weighted by molar-refractivity contribution is 5.81. The second-order valence-corrected chi connectivity index (χ2v) is 3.83. The topological polar surface area (TPSA) is 46.3 Å². The van der Waals surface area contributed by atoms with Gasteiger partial charge < -0.3 is 5.73 Å². The SMILES string of the molecule is NC(=O)[C@H]1[CH]CCN1Cc1ccccc1. The molecule has 15 heavy (non-hydrogen) atoms. The predicted octanol–water partition coefficient (Wildman–Crippen LogP) is 0.950. The lowest BCUT2D eigenvalue weighted by Gasteiger charge is -2.21. The lowest BCUT2D eigenvalue weighted by Crippen LogP contribution is -2.39. The first kappa shape index (κ1) is 10.2. The molecule has 0 aromatic heterocycles. The molecule has 1 aliphatic heterocycles. The van der Waals surface area contributed by atoms with Gasteiger partial charge in [-0.1, -0.05) is 30.3 Å². The van der Waals surface area contributed by atoms with E-state index >= 15 is 0 Å². The number of benzene rings is 1. The number of nitrogens with zero attached hydrogens (tertiary/aromatic N) is 1. The van der Waals surface area contributed by atoms with Crippen molar-refractivity contribution in [2.75, 3.05) is 6.54 Å². The van der Waals surface area contributed by atoms with Gasteiger partial charge in [0.05, 0.1) is 6.04 Å². The summed E-state index contributed by atoms with van der Waals surface area (Å²) in [7, 11) is 0. The molecule has 1 heterocycles. The lowest BCUT2D eigenvalue weighted by molar-refractivity contribution is -0.121. The van der Waals surface area contributed by atoms with E-state index < -0.39 is 0 Å². The molecule has 0 spiro atoms. The van der Waals surface area contributed by atoms with Gasteiger partial charge in [-0.3, -0.25) is 9.69 Å². The highest BCUT2D eigenvalue weighted by Gasteiger charge is 2.28. The van der Waals surface area contributed by atoms with Crippen LogP contribution >= 0.6 is 0 Å². The fourth-order valence-electron chi connectivity index (χ4n) is 1.98. The van der Waals surface area contributed by atoms with Crippen molar-refractivity contribution in [2.45, 2.75) is 19.0 Å². The van der Waals surface area contributed by atoms with Crippen LogP contribution in [0.3, 0.4) is 0 Å². The van der Waals surface area contributed by atoms with Crippen molar-refractivity contribution in [3.63, 3.8) is 0 Å². The van der Waals surface area contributed by atoms with Gasteiger partial charge in [0.2, 0.25) is 5.91 Å². The molecule has 1 aromatic carbocycles. The van der Waals surface area contributed by atoms with E-state index in [0.29, 0.717) is 0 Å². The number of hydrogen-bond acceptors (Lipinski definition) is 2. The molecule has 3 nitrogen and oxygen atoms in total. The minimum absolute atomic E-state index is 0.190. The van der Waals surface area contributed by atoms with Crippen molar-refractivity contribution >= 4 is 5.91 Å². The van der Waals surface area contributed by atoms with Gasteiger partial charge in [0.15, 0.2) is 0 Å². The maximum Gasteiger partial charge on any atom is 0.235 e. The molecule has 0 unspecified atom stereocenters. The maximum absolute atomic E-state index is 11.2. The Balaban J connectivity index is 2.03. The third kappa shape index (κ3) is 2.36. The Hall–Kier alpha value is -1.35. The van der Waals surface area contributed by atoms with Gasteiger partial charge in [-0.15, -0.1) is 0 Å². The Morgan fingerprint density at radius 3 is 2.80 bits per heavy atom. The van der Waals surface area contributed by atoms with E-state index in [-0.39, 0.29) is 11.9 Å². The molecule has 79 valence electrons. The Kier molecular flexibility index (Phi) is 3.02. The number of nitrogens with two attached hydrogens (primary N) is 1. The summed E-state index contributed by atoms with van der Waals surface area (Å²) in [4.78, 5) is 13.3. The summed E-state index contributed by atoms with van der Waals surface area (Å²) in [6.45, 7) is 1.72. The van der Waals surface area contributed by atoms with Crippen molar-refractivity contribution in [2.24, 2.45) is 5.73 Å². The third-order valence-electron chi connectivity index (χ3n) is 2.72. The summed E-state index contributed by atoms with van der Waals surface area (Å²) in [6.07, 6.45) is 2.94. The van der Waals surface area contributed by atoms with E-state index in [4.69, 9.17) is 5.73 Å². The number of primary amides is 1. The molecule has 2 rings (SSSR count). The average Bonchev–Trinajstić information content (AvgIpc) is 2.67. The molecule has 1 atom stereocenters. The number of carbonyl (C=O) groups excluding carboxylic acids is 1. The van der Waals surface area contributed by atoms with E-state index in [1.807, 2.05) is 24.6 Å². The van der Waals surface area contributed by atoms with Gasteiger partial charge in [0, 0.05) is 6.54 Å². The standard InChI is InChI=1S/C12H15N2O/c13-12(15)11-7-4-8-14(11)9-10-5-2-1-3-6-10/h1-3,5-7,11H,4,8-9H2,(H2,13,15)/t11-/m1/s1. The second kappa shape index (κ2) is 4.45. The number of carbonyl (C=O) groups is 1. The molecule has 1 aromatic rings. The van der Waals surface area contributed by atoms with Crippen LogP contribution in [0.1, 0.15) is 12.0 Å². The summed E-state index contributed by atoms with van der Waals surface area (Å²) < 4.78 is 0. The molecule has 1 saturated heterocycles. The summed E-state index contributed by atoms with van der Waals surface area (Å²) >= 11 is 0. The van der Waals surface area contributed by atoms with E-state index in [0.717, 1.165) is 19.5 Å². The second-order valence-electron chi connectivity index (χ2n) is 3.83. The maximum atomic E-state index is 11.2. The fourth-order valence-corrected chi connectivity index (χ4v) is 1.98. The molecule has 1 fully saturated rings. The molecule has 1 radical (unpaired) electrons. The monoisotopic (exact) mass is 203 g/mol. The van der Waals surface area contributed by atoms with Gasteiger partial charge in [0.25, 0.3) is 0 Å².